The van der Waals surface area contributed by atoms with Crippen LogP contribution in [0, 0.1) is 0 Å². The number of carbonyl (C=O) groups excluding carboxylic acids is 3. The fourth-order valence-corrected chi connectivity index (χ4v) is 2.38. The molecule has 0 saturated heterocycles. The van der Waals surface area contributed by atoms with E-state index in [2.05, 4.69) is 15.4 Å². The van der Waals surface area contributed by atoms with Crippen molar-refractivity contribution in [3.63, 3.8) is 0 Å². The summed E-state index contributed by atoms with van der Waals surface area (Å²) in [6, 6.07) is 16.0. The summed E-state index contributed by atoms with van der Waals surface area (Å²) in [5.41, 5.74) is 1.57. The van der Waals surface area contributed by atoms with Gasteiger partial charge < -0.3 is 19.8 Å². The van der Waals surface area contributed by atoms with Crippen LogP contribution < -0.4 is 10.6 Å². The molecule has 0 radical (unpaired) electrons. The molecule has 0 aliphatic carbocycles. The number of furan rings is 1. The average molecular weight is 364 g/mol. The third-order valence-corrected chi connectivity index (χ3v) is 3.67. The Hall–Kier alpha value is -3.87. The van der Waals surface area contributed by atoms with E-state index in [1.54, 1.807) is 54.6 Å². The lowest BCUT2D eigenvalue weighted by atomic mass is 10.1. The van der Waals surface area contributed by atoms with E-state index in [1.165, 1.54) is 19.4 Å². The molecule has 0 unspecified atom stereocenters. The quantitative estimate of drug-likeness (QED) is 0.675. The first-order valence-corrected chi connectivity index (χ1v) is 8.01. The lowest BCUT2D eigenvalue weighted by molar-refractivity contribution is 0.0600. The highest BCUT2D eigenvalue weighted by Gasteiger charge is 2.12. The number of hydrogen-bond donors (Lipinski definition) is 2. The number of amides is 2. The molecule has 0 fully saturated rings. The molecule has 1 aromatic heterocycles. The van der Waals surface area contributed by atoms with Gasteiger partial charge in [-0.05, 0) is 48.5 Å². The summed E-state index contributed by atoms with van der Waals surface area (Å²) in [5, 5.41) is 5.37. The van der Waals surface area contributed by atoms with Gasteiger partial charge in [-0.15, -0.1) is 0 Å². The van der Waals surface area contributed by atoms with Crippen LogP contribution in [0.4, 0.5) is 11.4 Å². The summed E-state index contributed by atoms with van der Waals surface area (Å²) >= 11 is 0. The van der Waals surface area contributed by atoms with Crippen molar-refractivity contribution in [1.29, 1.82) is 0 Å². The van der Waals surface area contributed by atoms with Crippen molar-refractivity contribution in [1.82, 2.24) is 0 Å². The number of methoxy groups -OCH3 is 1. The highest BCUT2D eigenvalue weighted by molar-refractivity contribution is 6.07. The third-order valence-electron chi connectivity index (χ3n) is 3.67. The van der Waals surface area contributed by atoms with Gasteiger partial charge in [-0.3, -0.25) is 9.59 Å². The second-order valence-corrected chi connectivity index (χ2v) is 5.54. The van der Waals surface area contributed by atoms with Crippen molar-refractivity contribution in [3.8, 4) is 0 Å². The molecule has 0 spiro atoms. The van der Waals surface area contributed by atoms with E-state index in [-0.39, 0.29) is 11.7 Å². The second-order valence-electron chi connectivity index (χ2n) is 5.54. The third kappa shape index (κ3) is 4.40. The van der Waals surface area contributed by atoms with Crippen molar-refractivity contribution >= 4 is 29.2 Å². The Morgan fingerprint density at radius 3 is 2.07 bits per heavy atom. The zero-order valence-electron chi connectivity index (χ0n) is 14.4. The van der Waals surface area contributed by atoms with Crippen LogP contribution in [-0.4, -0.2) is 24.9 Å². The molecule has 3 aromatic rings. The highest BCUT2D eigenvalue weighted by Crippen LogP contribution is 2.16. The molecule has 0 atom stereocenters. The van der Waals surface area contributed by atoms with Crippen molar-refractivity contribution in [2.45, 2.75) is 0 Å². The summed E-state index contributed by atoms with van der Waals surface area (Å²) in [7, 11) is 1.29. The highest BCUT2D eigenvalue weighted by atomic mass is 16.5. The maximum atomic E-state index is 12.5. The van der Waals surface area contributed by atoms with Gasteiger partial charge in [0.1, 0.15) is 0 Å². The molecule has 0 aliphatic heterocycles. The number of benzene rings is 2. The molecule has 1 heterocycles. The zero-order chi connectivity index (χ0) is 19.2. The number of nitrogens with one attached hydrogen (secondary N) is 2. The Balaban J connectivity index is 1.72. The van der Waals surface area contributed by atoms with E-state index in [4.69, 9.17) is 4.42 Å². The molecule has 27 heavy (non-hydrogen) atoms. The SMILES string of the molecule is COC(=O)c1cccc(NC(=O)c2cccc(NC(=O)c3ccco3)c2)c1. The van der Waals surface area contributed by atoms with Crippen LogP contribution in [-0.2, 0) is 4.74 Å². The maximum absolute atomic E-state index is 12.5. The number of hydrogen-bond acceptors (Lipinski definition) is 5. The summed E-state index contributed by atoms with van der Waals surface area (Å²) in [6.45, 7) is 0. The molecule has 0 aliphatic rings. The molecule has 0 bridgehead atoms. The number of carbonyl (C=O) groups is 3. The van der Waals surface area contributed by atoms with Gasteiger partial charge in [-0.2, -0.15) is 0 Å². The number of rotatable bonds is 5. The van der Waals surface area contributed by atoms with Crippen molar-refractivity contribution in [3.05, 3.63) is 83.8 Å². The van der Waals surface area contributed by atoms with Gasteiger partial charge in [0.2, 0.25) is 0 Å². The second kappa shape index (κ2) is 8.01. The first-order valence-electron chi connectivity index (χ1n) is 8.01. The minimum absolute atomic E-state index is 0.171. The smallest absolute Gasteiger partial charge is 0.337 e. The van der Waals surface area contributed by atoms with Crippen LogP contribution in [0.3, 0.4) is 0 Å². The molecule has 136 valence electrons. The Morgan fingerprint density at radius 2 is 1.44 bits per heavy atom. The van der Waals surface area contributed by atoms with E-state index in [1.807, 2.05) is 0 Å². The summed E-state index contributed by atoms with van der Waals surface area (Å²) in [6.07, 6.45) is 1.40. The lowest BCUT2D eigenvalue weighted by Crippen LogP contribution is -2.14. The summed E-state index contributed by atoms with van der Waals surface area (Å²) in [5.74, 6) is -1.12. The largest absolute Gasteiger partial charge is 0.465 e. The van der Waals surface area contributed by atoms with Gasteiger partial charge in [0, 0.05) is 16.9 Å². The molecule has 7 nitrogen and oxygen atoms in total. The molecule has 7 heteroatoms. The average Bonchev–Trinajstić information content (AvgIpc) is 3.23. The van der Waals surface area contributed by atoms with E-state index in [0.29, 0.717) is 22.5 Å². The predicted molar refractivity (Wildman–Crippen MR) is 98.8 cm³/mol. The molecular formula is C20H16N2O5. The lowest BCUT2D eigenvalue weighted by Gasteiger charge is -2.09. The number of anilines is 2. The molecule has 2 amide bonds. The van der Waals surface area contributed by atoms with Crippen LogP contribution in [0.2, 0.25) is 0 Å². The topological polar surface area (TPSA) is 97.6 Å². The van der Waals surface area contributed by atoms with E-state index < -0.39 is 11.9 Å². The van der Waals surface area contributed by atoms with Gasteiger partial charge in [-0.25, -0.2) is 4.79 Å². The molecule has 3 rings (SSSR count). The zero-order valence-corrected chi connectivity index (χ0v) is 14.4. The maximum Gasteiger partial charge on any atom is 0.337 e. The van der Waals surface area contributed by atoms with Crippen LogP contribution in [0.1, 0.15) is 31.3 Å². The molecule has 0 saturated carbocycles. The Labute approximate surface area is 154 Å². The van der Waals surface area contributed by atoms with Gasteiger partial charge in [0.15, 0.2) is 5.76 Å². The number of esters is 1. The fraction of sp³-hybridized carbons (Fsp3) is 0.0500. The Bertz CT molecular complexity index is 980. The van der Waals surface area contributed by atoms with Crippen molar-refractivity contribution in [2.24, 2.45) is 0 Å². The first kappa shape index (κ1) is 17.9. The minimum Gasteiger partial charge on any atom is -0.465 e. The van der Waals surface area contributed by atoms with E-state index in [9.17, 15) is 14.4 Å². The Kier molecular flexibility index (Phi) is 5.32. The van der Waals surface area contributed by atoms with E-state index in [0.717, 1.165) is 0 Å². The fourth-order valence-electron chi connectivity index (χ4n) is 2.38. The predicted octanol–water partition coefficient (Wildman–Crippen LogP) is 3.57. The number of ether oxygens (including phenoxy) is 1. The van der Waals surface area contributed by atoms with Crippen LogP contribution in [0.25, 0.3) is 0 Å². The van der Waals surface area contributed by atoms with Crippen molar-refractivity contribution in [2.75, 3.05) is 17.7 Å². The van der Waals surface area contributed by atoms with Crippen molar-refractivity contribution < 1.29 is 23.5 Å². The summed E-state index contributed by atoms with van der Waals surface area (Å²) < 4.78 is 9.70. The monoisotopic (exact) mass is 364 g/mol. The standard InChI is InChI=1S/C20H16N2O5/c1-26-20(25)14-6-3-8-16(12-14)21-18(23)13-5-2-7-15(11-13)22-19(24)17-9-4-10-27-17/h2-12H,1H3,(H,21,23)(H,22,24). The molecule has 2 aromatic carbocycles. The van der Waals surface area contributed by atoms with E-state index >= 15 is 0 Å². The van der Waals surface area contributed by atoms with Crippen LogP contribution >= 0.6 is 0 Å². The van der Waals surface area contributed by atoms with Crippen LogP contribution in [0.15, 0.2) is 71.3 Å². The van der Waals surface area contributed by atoms with Gasteiger partial charge in [0.05, 0.1) is 18.9 Å². The van der Waals surface area contributed by atoms with Gasteiger partial charge in [0.25, 0.3) is 11.8 Å². The minimum atomic E-state index is -0.492. The first-order chi connectivity index (χ1) is 13.1. The summed E-state index contributed by atoms with van der Waals surface area (Å²) in [4.78, 5) is 36.1. The normalized spacial score (nSPS) is 10.1. The van der Waals surface area contributed by atoms with Gasteiger partial charge >= 0.3 is 5.97 Å². The Morgan fingerprint density at radius 1 is 0.815 bits per heavy atom. The van der Waals surface area contributed by atoms with Gasteiger partial charge in [-0.1, -0.05) is 12.1 Å². The molecule has 2 N–H and O–H groups in total. The van der Waals surface area contributed by atoms with Crippen LogP contribution in [0.5, 0.6) is 0 Å². The molecular weight excluding hydrogens is 348 g/mol.